The number of anilines is 1. The number of benzene rings is 1. The first-order chi connectivity index (χ1) is 13.0. The number of carbonyl (C=O) groups excluding carboxylic acids is 1. The molecule has 0 spiro atoms. The number of halogens is 1. The minimum absolute atomic E-state index is 0.00191. The third-order valence-corrected chi connectivity index (χ3v) is 4.15. The van der Waals surface area contributed by atoms with Crippen molar-refractivity contribution in [3.05, 3.63) is 69.6 Å². The van der Waals surface area contributed by atoms with E-state index < -0.39 is 5.91 Å². The summed E-state index contributed by atoms with van der Waals surface area (Å²) in [6.45, 7) is 2.51. The maximum Gasteiger partial charge on any atom is 0.295 e. The smallest absolute Gasteiger partial charge is 0.295 e. The van der Waals surface area contributed by atoms with Gasteiger partial charge in [0.1, 0.15) is 5.82 Å². The molecular formula is C18H18ClN5O3. The Kier molecular flexibility index (Phi) is 5.68. The molecule has 0 saturated heterocycles. The zero-order valence-electron chi connectivity index (χ0n) is 14.8. The van der Waals surface area contributed by atoms with Crippen LogP contribution in [0.15, 0.2) is 47.4 Å². The summed E-state index contributed by atoms with van der Waals surface area (Å²) in [6, 6.07) is 10.1. The summed E-state index contributed by atoms with van der Waals surface area (Å²) in [5.41, 5.74) is 0.917. The highest BCUT2D eigenvalue weighted by atomic mass is 35.5. The van der Waals surface area contributed by atoms with Crippen LogP contribution in [-0.2, 0) is 11.3 Å². The Bertz CT molecular complexity index is 1030. The summed E-state index contributed by atoms with van der Waals surface area (Å²) < 4.78 is 7.95. The van der Waals surface area contributed by atoms with E-state index in [0.29, 0.717) is 35.4 Å². The number of aromatic nitrogens is 4. The molecule has 1 amide bonds. The van der Waals surface area contributed by atoms with E-state index in [2.05, 4.69) is 15.4 Å². The third-order valence-electron chi connectivity index (χ3n) is 3.83. The molecule has 0 saturated carbocycles. The number of hydrogen-bond acceptors (Lipinski definition) is 5. The van der Waals surface area contributed by atoms with Crippen LogP contribution in [0.3, 0.4) is 0 Å². The van der Waals surface area contributed by atoms with E-state index in [4.69, 9.17) is 16.3 Å². The second-order valence-corrected chi connectivity index (χ2v) is 6.15. The number of amides is 1. The Morgan fingerprint density at radius 1 is 1.26 bits per heavy atom. The van der Waals surface area contributed by atoms with Crippen LogP contribution in [0, 0.1) is 6.92 Å². The number of nitrogens with one attached hydrogen (secondary N) is 1. The third kappa shape index (κ3) is 4.24. The summed E-state index contributed by atoms with van der Waals surface area (Å²) in [5, 5.41) is 7.45. The summed E-state index contributed by atoms with van der Waals surface area (Å²) in [7, 11) is 1.56. The largest absolute Gasteiger partial charge is 0.383 e. The van der Waals surface area contributed by atoms with Gasteiger partial charge < -0.3 is 14.6 Å². The number of ether oxygens (including phenoxy) is 1. The van der Waals surface area contributed by atoms with E-state index >= 15 is 0 Å². The number of carbonyl (C=O) groups is 1. The number of methoxy groups -OCH3 is 1. The van der Waals surface area contributed by atoms with Crippen molar-refractivity contribution >= 4 is 23.2 Å². The molecule has 8 nitrogen and oxygen atoms in total. The zero-order valence-corrected chi connectivity index (χ0v) is 15.6. The van der Waals surface area contributed by atoms with Gasteiger partial charge in [0.25, 0.3) is 11.5 Å². The Morgan fingerprint density at radius 2 is 2.04 bits per heavy atom. The number of pyridine rings is 1. The highest BCUT2D eigenvalue weighted by Crippen LogP contribution is 2.20. The van der Waals surface area contributed by atoms with Gasteiger partial charge in [-0.2, -0.15) is 0 Å². The lowest BCUT2D eigenvalue weighted by molar-refractivity contribution is 0.101. The summed E-state index contributed by atoms with van der Waals surface area (Å²) in [6.07, 6.45) is 1.55. The average Bonchev–Trinajstić information content (AvgIpc) is 3.04. The highest BCUT2D eigenvalue weighted by molar-refractivity contribution is 6.32. The molecule has 0 aliphatic carbocycles. The first-order valence-corrected chi connectivity index (χ1v) is 8.56. The molecule has 1 aromatic carbocycles. The molecule has 3 aromatic rings. The van der Waals surface area contributed by atoms with Gasteiger partial charge in [-0.1, -0.05) is 23.7 Å². The average molecular weight is 388 g/mol. The van der Waals surface area contributed by atoms with Crippen LogP contribution in [0.5, 0.6) is 0 Å². The Hall–Kier alpha value is -2.97. The minimum atomic E-state index is -0.485. The van der Waals surface area contributed by atoms with E-state index in [1.165, 1.54) is 21.4 Å². The molecule has 0 bridgehead atoms. The molecule has 2 heterocycles. The lowest BCUT2D eigenvalue weighted by Gasteiger charge is -2.08. The van der Waals surface area contributed by atoms with Crippen LogP contribution >= 0.6 is 11.6 Å². The molecular weight excluding hydrogens is 370 g/mol. The normalized spacial score (nSPS) is 10.8. The molecule has 140 valence electrons. The van der Waals surface area contributed by atoms with Crippen LogP contribution in [0.2, 0.25) is 5.02 Å². The van der Waals surface area contributed by atoms with Crippen molar-refractivity contribution in [2.24, 2.45) is 0 Å². The van der Waals surface area contributed by atoms with E-state index in [1.54, 1.807) is 32.4 Å². The van der Waals surface area contributed by atoms with Crippen LogP contribution in [0.4, 0.5) is 5.69 Å². The molecule has 0 radical (unpaired) electrons. The van der Waals surface area contributed by atoms with Gasteiger partial charge in [0.2, 0.25) is 5.82 Å². The molecule has 0 atom stereocenters. The number of rotatable bonds is 6. The molecule has 9 heteroatoms. The molecule has 1 N–H and O–H groups in total. The van der Waals surface area contributed by atoms with Crippen molar-refractivity contribution in [2.45, 2.75) is 13.5 Å². The van der Waals surface area contributed by atoms with E-state index in [-0.39, 0.29) is 11.4 Å². The lowest BCUT2D eigenvalue weighted by Crippen LogP contribution is -2.22. The molecule has 0 fully saturated rings. The number of hydrogen-bond donors (Lipinski definition) is 1. The number of para-hydroxylation sites is 1. The second-order valence-electron chi connectivity index (χ2n) is 5.74. The minimum Gasteiger partial charge on any atom is -0.383 e. The molecule has 0 unspecified atom stereocenters. The van der Waals surface area contributed by atoms with Gasteiger partial charge in [-0.05, 0) is 25.1 Å². The van der Waals surface area contributed by atoms with Crippen molar-refractivity contribution in [3.63, 3.8) is 0 Å². The van der Waals surface area contributed by atoms with Crippen LogP contribution in [0.25, 0.3) is 5.69 Å². The Balaban J connectivity index is 1.82. The molecule has 2 aromatic heterocycles. The summed E-state index contributed by atoms with van der Waals surface area (Å²) in [4.78, 5) is 28.5. The summed E-state index contributed by atoms with van der Waals surface area (Å²) in [5.74, 6) is 0.0428. The van der Waals surface area contributed by atoms with Crippen molar-refractivity contribution in [2.75, 3.05) is 19.0 Å². The van der Waals surface area contributed by atoms with Crippen molar-refractivity contribution in [3.8, 4) is 5.69 Å². The van der Waals surface area contributed by atoms with Crippen LogP contribution < -0.4 is 10.9 Å². The van der Waals surface area contributed by atoms with Crippen molar-refractivity contribution < 1.29 is 9.53 Å². The van der Waals surface area contributed by atoms with Gasteiger partial charge >= 0.3 is 0 Å². The van der Waals surface area contributed by atoms with Crippen molar-refractivity contribution in [1.29, 1.82) is 0 Å². The number of nitrogens with zero attached hydrogens (tertiary/aromatic N) is 4. The summed E-state index contributed by atoms with van der Waals surface area (Å²) >= 11 is 6.19. The predicted molar refractivity (Wildman–Crippen MR) is 102 cm³/mol. The van der Waals surface area contributed by atoms with E-state index in [9.17, 15) is 9.59 Å². The fourth-order valence-electron chi connectivity index (χ4n) is 2.49. The quantitative estimate of drug-likeness (QED) is 0.700. The highest BCUT2D eigenvalue weighted by Gasteiger charge is 2.17. The van der Waals surface area contributed by atoms with Gasteiger partial charge in [-0.25, -0.2) is 9.67 Å². The molecule has 0 aliphatic heterocycles. The lowest BCUT2D eigenvalue weighted by atomic mass is 10.3. The monoisotopic (exact) mass is 387 g/mol. The molecule has 0 aliphatic rings. The van der Waals surface area contributed by atoms with Gasteiger partial charge in [-0.15, -0.1) is 5.10 Å². The fraction of sp³-hybridized carbons (Fsp3) is 0.222. The van der Waals surface area contributed by atoms with E-state index in [1.807, 2.05) is 12.1 Å². The van der Waals surface area contributed by atoms with Gasteiger partial charge in [0, 0.05) is 25.9 Å². The van der Waals surface area contributed by atoms with E-state index in [0.717, 1.165) is 0 Å². The first-order valence-electron chi connectivity index (χ1n) is 8.19. The zero-order chi connectivity index (χ0) is 19.4. The fourth-order valence-corrected chi connectivity index (χ4v) is 2.71. The second kappa shape index (κ2) is 8.15. The standard InChI is InChI=1S/C18H18ClN5O3/c1-12-20-17(22-24(12)15-6-4-3-5-14(15)19)18(26)21-13-7-8-16(25)23(11-13)9-10-27-2/h3-8,11H,9-10H2,1-2H3,(H,21,26). The van der Waals surface area contributed by atoms with Crippen LogP contribution in [-0.4, -0.2) is 39.0 Å². The Morgan fingerprint density at radius 3 is 2.78 bits per heavy atom. The van der Waals surface area contributed by atoms with Crippen molar-refractivity contribution in [1.82, 2.24) is 19.3 Å². The van der Waals surface area contributed by atoms with Gasteiger partial charge in [0.05, 0.1) is 23.0 Å². The molecule has 3 rings (SSSR count). The molecule has 27 heavy (non-hydrogen) atoms. The van der Waals surface area contributed by atoms with Gasteiger partial charge in [-0.3, -0.25) is 9.59 Å². The number of aryl methyl sites for hydroxylation is 1. The Labute approximate surface area is 160 Å². The SMILES string of the molecule is COCCn1cc(NC(=O)c2nc(C)n(-c3ccccc3Cl)n2)ccc1=O. The van der Waals surface area contributed by atoms with Gasteiger partial charge in [0.15, 0.2) is 0 Å². The first kappa shape index (κ1) is 18.8. The van der Waals surface area contributed by atoms with Crippen LogP contribution in [0.1, 0.15) is 16.4 Å². The predicted octanol–water partition coefficient (Wildman–Crippen LogP) is 2.29. The maximum atomic E-state index is 12.5. The topological polar surface area (TPSA) is 91.0 Å². The maximum absolute atomic E-state index is 12.5.